The summed E-state index contributed by atoms with van der Waals surface area (Å²) in [5.41, 5.74) is 5.45. The van der Waals surface area contributed by atoms with Gasteiger partial charge in [-0.05, 0) is 78.8 Å². The molecule has 0 radical (unpaired) electrons. The van der Waals surface area contributed by atoms with Crippen LogP contribution in [-0.2, 0) is 10.2 Å². The minimum atomic E-state index is -0.851. The number of hydrogen-bond donors (Lipinski definition) is 3. The molecule has 2 rings (SSSR count). The van der Waals surface area contributed by atoms with Crippen LogP contribution in [0, 0.1) is 19.3 Å². The van der Waals surface area contributed by atoms with E-state index in [0.717, 1.165) is 29.7 Å². The summed E-state index contributed by atoms with van der Waals surface area (Å²) in [6.07, 6.45) is 5.47. The Kier molecular flexibility index (Phi) is 11.0. The zero-order valence-electron chi connectivity index (χ0n) is 23.7. The van der Waals surface area contributed by atoms with Crippen LogP contribution in [-0.4, -0.2) is 40.1 Å². The van der Waals surface area contributed by atoms with Crippen LogP contribution < -0.4 is 4.74 Å². The van der Waals surface area contributed by atoms with Crippen molar-refractivity contribution < 1.29 is 24.9 Å². The van der Waals surface area contributed by atoms with Crippen molar-refractivity contribution in [2.24, 2.45) is 5.41 Å². The summed E-state index contributed by atoms with van der Waals surface area (Å²) in [7, 11) is 0. The first kappa shape index (κ1) is 30.6. The second kappa shape index (κ2) is 13.3. The molecular formula is C32H46O5. The number of hydrogen-bond acceptors (Lipinski definition) is 4. The van der Waals surface area contributed by atoms with Gasteiger partial charge in [-0.1, -0.05) is 77.1 Å². The Balaban J connectivity index is 2.24. The quantitative estimate of drug-likeness (QED) is 0.275. The molecule has 0 aliphatic rings. The number of aliphatic carboxylic acids is 1. The summed E-state index contributed by atoms with van der Waals surface area (Å²) >= 11 is 0. The predicted molar refractivity (Wildman–Crippen MR) is 151 cm³/mol. The van der Waals surface area contributed by atoms with Crippen LogP contribution in [0.4, 0.5) is 0 Å². The fourth-order valence-corrected chi connectivity index (χ4v) is 4.74. The van der Waals surface area contributed by atoms with E-state index in [9.17, 15) is 15.0 Å². The van der Waals surface area contributed by atoms with Crippen LogP contribution in [0.5, 0.6) is 5.75 Å². The van der Waals surface area contributed by atoms with Gasteiger partial charge in [0.05, 0.1) is 12.2 Å². The molecule has 3 N–H and O–H groups in total. The normalized spacial score (nSPS) is 14.1. The third kappa shape index (κ3) is 8.18. The van der Waals surface area contributed by atoms with Crippen molar-refractivity contribution in [2.75, 3.05) is 6.61 Å². The summed E-state index contributed by atoms with van der Waals surface area (Å²) < 4.78 is 5.88. The maximum Gasteiger partial charge on any atom is 0.303 e. The fourth-order valence-electron chi connectivity index (χ4n) is 4.74. The number of rotatable bonds is 13. The van der Waals surface area contributed by atoms with E-state index >= 15 is 0 Å². The number of aliphatic hydroxyl groups excluding tert-OH is 2. The van der Waals surface area contributed by atoms with Gasteiger partial charge < -0.3 is 20.1 Å². The molecule has 0 bridgehead atoms. The lowest BCUT2D eigenvalue weighted by molar-refractivity contribution is -0.137. The molecule has 0 heterocycles. The van der Waals surface area contributed by atoms with Crippen LogP contribution in [0.25, 0.3) is 6.08 Å². The zero-order chi connectivity index (χ0) is 27.8. The molecule has 2 unspecified atom stereocenters. The molecule has 0 aliphatic heterocycles. The Labute approximate surface area is 223 Å². The Bertz CT molecular complexity index is 1060. The minimum absolute atomic E-state index is 0.0521. The number of carbonyl (C=O) groups is 1. The van der Waals surface area contributed by atoms with Crippen molar-refractivity contribution in [1.29, 1.82) is 0 Å². The summed E-state index contributed by atoms with van der Waals surface area (Å²) in [5.74, 6) is -0.119. The molecule has 0 amide bonds. The average molecular weight is 511 g/mol. The summed E-state index contributed by atoms with van der Waals surface area (Å²) in [4.78, 5) is 10.7. The van der Waals surface area contributed by atoms with Crippen molar-refractivity contribution in [3.63, 3.8) is 0 Å². The molecular weight excluding hydrogens is 464 g/mol. The monoisotopic (exact) mass is 510 g/mol. The number of carboxylic acid groups (broad SMARTS) is 1. The summed E-state index contributed by atoms with van der Waals surface area (Å²) in [6.45, 7) is 14.8. The molecule has 5 nitrogen and oxygen atoms in total. The summed E-state index contributed by atoms with van der Waals surface area (Å²) in [6, 6.07) is 12.9. The van der Waals surface area contributed by atoms with E-state index in [0.29, 0.717) is 12.8 Å². The molecule has 2 aromatic rings. The molecule has 37 heavy (non-hydrogen) atoms. The second-order valence-electron chi connectivity index (χ2n) is 11.3. The molecule has 0 spiro atoms. The summed E-state index contributed by atoms with van der Waals surface area (Å²) in [5, 5.41) is 29.3. The topological polar surface area (TPSA) is 87.0 Å². The van der Waals surface area contributed by atoms with Gasteiger partial charge in [0.1, 0.15) is 12.4 Å². The molecule has 2 aromatic carbocycles. The van der Waals surface area contributed by atoms with Gasteiger partial charge in [0.25, 0.3) is 0 Å². The van der Waals surface area contributed by atoms with Gasteiger partial charge in [-0.2, -0.15) is 0 Å². The highest BCUT2D eigenvalue weighted by molar-refractivity contribution is 5.66. The Morgan fingerprint density at radius 2 is 1.57 bits per heavy atom. The van der Waals surface area contributed by atoms with E-state index in [1.807, 2.05) is 45.9 Å². The highest BCUT2D eigenvalue weighted by Gasteiger charge is 2.31. The average Bonchev–Trinajstić information content (AvgIpc) is 2.83. The molecule has 2 atom stereocenters. The van der Waals surface area contributed by atoms with Gasteiger partial charge in [0.15, 0.2) is 0 Å². The first-order valence-corrected chi connectivity index (χ1v) is 13.4. The predicted octanol–water partition coefficient (Wildman–Crippen LogP) is 6.82. The lowest BCUT2D eigenvalue weighted by Crippen LogP contribution is -2.26. The highest BCUT2D eigenvalue weighted by atomic mass is 16.5. The Morgan fingerprint density at radius 1 is 0.973 bits per heavy atom. The molecule has 0 fully saturated rings. The maximum atomic E-state index is 10.7. The minimum Gasteiger partial charge on any atom is -0.491 e. The fraction of sp³-hybridized carbons (Fsp3) is 0.531. The van der Waals surface area contributed by atoms with Gasteiger partial charge in [-0.3, -0.25) is 4.79 Å². The Hall–Kier alpha value is -2.63. The van der Waals surface area contributed by atoms with Crippen molar-refractivity contribution in [3.05, 3.63) is 70.3 Å². The van der Waals surface area contributed by atoms with Gasteiger partial charge >= 0.3 is 5.97 Å². The lowest BCUT2D eigenvalue weighted by atomic mass is 9.70. The van der Waals surface area contributed by atoms with Crippen LogP contribution in [0.2, 0.25) is 0 Å². The standard InChI is InChI=1S/C32H46O5/c1-8-32(9-2,25-15-13-24(22(3)19-25)14-18-29(34)31(5,6)7)26-16-17-28(23(4)20-26)37-21-27(33)11-10-12-30(35)36/h13-20,27,29,33-34H,8-12,21H2,1-7H3,(H,35,36). The number of carboxylic acids is 1. The van der Waals surface area contributed by atoms with E-state index < -0.39 is 18.2 Å². The Morgan fingerprint density at radius 3 is 2.08 bits per heavy atom. The molecule has 0 saturated heterocycles. The van der Waals surface area contributed by atoms with Gasteiger partial charge in [0, 0.05) is 11.8 Å². The van der Waals surface area contributed by atoms with Gasteiger partial charge in [0.2, 0.25) is 0 Å². The van der Waals surface area contributed by atoms with Gasteiger partial charge in [-0.25, -0.2) is 0 Å². The molecule has 0 saturated carbocycles. The SMILES string of the molecule is CCC(CC)(c1ccc(C=CC(O)C(C)(C)C)c(C)c1)c1ccc(OCC(O)CCCC(=O)O)c(C)c1. The van der Waals surface area contributed by atoms with Crippen molar-refractivity contribution in [2.45, 2.75) is 98.2 Å². The van der Waals surface area contributed by atoms with Crippen LogP contribution in [0.3, 0.4) is 0 Å². The first-order valence-electron chi connectivity index (χ1n) is 13.4. The first-order chi connectivity index (χ1) is 17.3. The van der Waals surface area contributed by atoms with E-state index in [4.69, 9.17) is 9.84 Å². The third-order valence-corrected chi connectivity index (χ3v) is 7.46. The molecule has 5 heteroatoms. The van der Waals surface area contributed by atoms with E-state index in [-0.39, 0.29) is 23.9 Å². The number of aryl methyl sites for hydroxylation is 2. The molecule has 0 aromatic heterocycles. The van der Waals surface area contributed by atoms with E-state index in [1.165, 1.54) is 16.7 Å². The van der Waals surface area contributed by atoms with Crippen molar-refractivity contribution in [3.8, 4) is 5.75 Å². The third-order valence-electron chi connectivity index (χ3n) is 7.46. The van der Waals surface area contributed by atoms with E-state index in [1.54, 1.807) is 0 Å². The zero-order valence-corrected chi connectivity index (χ0v) is 23.7. The van der Waals surface area contributed by atoms with Crippen LogP contribution in [0.15, 0.2) is 42.5 Å². The number of aliphatic hydroxyl groups is 2. The van der Waals surface area contributed by atoms with Crippen LogP contribution in [0.1, 0.15) is 94.5 Å². The number of benzene rings is 2. The maximum absolute atomic E-state index is 10.7. The highest BCUT2D eigenvalue weighted by Crippen LogP contribution is 2.41. The molecule has 204 valence electrons. The second-order valence-corrected chi connectivity index (χ2v) is 11.3. The lowest BCUT2D eigenvalue weighted by Gasteiger charge is -2.34. The largest absolute Gasteiger partial charge is 0.491 e. The number of ether oxygens (including phenoxy) is 1. The van der Waals surface area contributed by atoms with Crippen molar-refractivity contribution >= 4 is 12.0 Å². The van der Waals surface area contributed by atoms with Gasteiger partial charge in [-0.15, -0.1) is 0 Å². The smallest absolute Gasteiger partial charge is 0.303 e. The van der Waals surface area contributed by atoms with Crippen LogP contribution >= 0.6 is 0 Å². The molecule has 0 aliphatic carbocycles. The van der Waals surface area contributed by atoms with Crippen molar-refractivity contribution in [1.82, 2.24) is 0 Å². The van der Waals surface area contributed by atoms with E-state index in [2.05, 4.69) is 51.1 Å².